The first kappa shape index (κ1) is 8.24. The fraction of sp³-hybridized carbons (Fsp3) is 0. The topological polar surface area (TPSA) is 77.8 Å². The summed E-state index contributed by atoms with van der Waals surface area (Å²) in [6.07, 6.45) is 0. The van der Waals surface area contributed by atoms with E-state index in [0.717, 1.165) is 0 Å². The summed E-state index contributed by atoms with van der Waals surface area (Å²) in [5, 5.41) is 17.9. The SMILES string of the molecule is O=[AsH](O)c1cccc(O)c1O. The van der Waals surface area contributed by atoms with Crippen molar-refractivity contribution < 1.29 is 18.0 Å². The van der Waals surface area contributed by atoms with Gasteiger partial charge in [-0.15, -0.1) is 0 Å². The Morgan fingerprint density at radius 1 is 1.27 bits per heavy atom. The van der Waals surface area contributed by atoms with Crippen LogP contribution < -0.4 is 4.35 Å². The van der Waals surface area contributed by atoms with Crippen LogP contribution in [0.15, 0.2) is 18.2 Å². The van der Waals surface area contributed by atoms with E-state index in [1.165, 1.54) is 18.2 Å². The Kier molecular flexibility index (Phi) is 2.27. The van der Waals surface area contributed by atoms with E-state index in [1.807, 2.05) is 0 Å². The van der Waals surface area contributed by atoms with Gasteiger partial charge >= 0.3 is 67.0 Å². The Morgan fingerprint density at radius 3 is 2.36 bits per heavy atom. The van der Waals surface area contributed by atoms with Gasteiger partial charge in [-0.2, -0.15) is 0 Å². The van der Waals surface area contributed by atoms with Gasteiger partial charge in [0, 0.05) is 0 Å². The maximum absolute atomic E-state index is 10.6. The van der Waals surface area contributed by atoms with E-state index in [9.17, 15) is 3.74 Å². The predicted molar refractivity (Wildman–Crippen MR) is 39.5 cm³/mol. The molecule has 1 atom stereocenters. The molecule has 0 radical (unpaired) electrons. The molecule has 5 heteroatoms. The van der Waals surface area contributed by atoms with Gasteiger partial charge in [0.2, 0.25) is 0 Å². The van der Waals surface area contributed by atoms with Crippen LogP contribution in [0.3, 0.4) is 0 Å². The second-order valence-corrected chi connectivity index (χ2v) is 4.39. The van der Waals surface area contributed by atoms with Gasteiger partial charge in [-0.25, -0.2) is 0 Å². The van der Waals surface area contributed by atoms with E-state index in [1.54, 1.807) is 0 Å². The van der Waals surface area contributed by atoms with Crippen molar-refractivity contribution >= 4 is 19.3 Å². The Bertz CT molecular complexity index is 297. The Balaban J connectivity index is 3.27. The predicted octanol–water partition coefficient (Wildman–Crippen LogP) is -1.05. The molecule has 0 saturated heterocycles. The van der Waals surface area contributed by atoms with Crippen LogP contribution in [-0.4, -0.2) is 29.2 Å². The first-order chi connectivity index (χ1) is 5.13. The molecule has 3 N–H and O–H groups in total. The number of para-hydroxylation sites is 1. The zero-order valence-corrected chi connectivity index (χ0v) is 7.58. The Morgan fingerprint density at radius 2 is 1.91 bits per heavy atom. The van der Waals surface area contributed by atoms with Crippen molar-refractivity contribution in [2.75, 3.05) is 0 Å². The van der Waals surface area contributed by atoms with Gasteiger partial charge in [-0.05, 0) is 0 Å². The second-order valence-electron chi connectivity index (χ2n) is 1.98. The summed E-state index contributed by atoms with van der Waals surface area (Å²) in [5.41, 5.74) is 0. The summed E-state index contributed by atoms with van der Waals surface area (Å²) in [6.45, 7) is 0. The molecule has 0 fully saturated rings. The summed E-state index contributed by atoms with van der Waals surface area (Å²) in [5.74, 6) is -0.850. The molecular formula is C6H7AsO4. The van der Waals surface area contributed by atoms with Crippen molar-refractivity contribution in [1.82, 2.24) is 0 Å². The normalized spacial score (nSPS) is 12.8. The average molecular weight is 218 g/mol. The molecule has 1 aromatic carbocycles. The molecule has 11 heavy (non-hydrogen) atoms. The molecule has 4 nitrogen and oxygen atoms in total. The molecular weight excluding hydrogens is 211 g/mol. The van der Waals surface area contributed by atoms with Crippen LogP contribution in [-0.2, 0) is 3.74 Å². The van der Waals surface area contributed by atoms with Crippen molar-refractivity contribution in [2.45, 2.75) is 0 Å². The molecule has 1 rings (SSSR count). The number of aromatic hydroxyl groups is 2. The third-order valence-corrected chi connectivity index (χ3v) is 3.06. The van der Waals surface area contributed by atoms with E-state index in [-0.39, 0.29) is 10.1 Å². The second kappa shape index (κ2) is 3.03. The molecule has 1 unspecified atom stereocenters. The fourth-order valence-electron chi connectivity index (χ4n) is 0.704. The van der Waals surface area contributed by atoms with Crippen LogP contribution in [0.1, 0.15) is 0 Å². The van der Waals surface area contributed by atoms with Gasteiger partial charge in [0.25, 0.3) is 0 Å². The van der Waals surface area contributed by atoms with Crippen molar-refractivity contribution in [3.8, 4) is 11.5 Å². The number of hydrogen-bond acceptors (Lipinski definition) is 3. The minimum atomic E-state index is -3.51. The van der Waals surface area contributed by atoms with Crippen molar-refractivity contribution in [2.24, 2.45) is 0 Å². The van der Waals surface area contributed by atoms with Gasteiger partial charge in [0.1, 0.15) is 0 Å². The van der Waals surface area contributed by atoms with E-state index in [4.69, 9.17) is 14.3 Å². The summed E-state index contributed by atoms with van der Waals surface area (Å²) >= 11 is -3.51. The standard InChI is InChI=1S/C6H7AsO4/c8-5-3-1-2-4(6(5)9)7(10)11/h1-3,7-9H,(H,10,11). The molecule has 0 aromatic heterocycles. The van der Waals surface area contributed by atoms with Crippen LogP contribution in [0.2, 0.25) is 0 Å². The minimum absolute atomic E-state index is 0.0509. The van der Waals surface area contributed by atoms with Crippen LogP contribution in [0.5, 0.6) is 11.5 Å². The molecule has 0 spiro atoms. The molecule has 0 bridgehead atoms. The van der Waals surface area contributed by atoms with E-state index in [0.29, 0.717) is 0 Å². The van der Waals surface area contributed by atoms with Crippen LogP contribution >= 0.6 is 0 Å². The molecule has 0 saturated carbocycles. The van der Waals surface area contributed by atoms with Gasteiger partial charge in [0.05, 0.1) is 0 Å². The Labute approximate surface area is 67.6 Å². The van der Waals surface area contributed by atoms with Crippen molar-refractivity contribution in [3.63, 3.8) is 0 Å². The van der Waals surface area contributed by atoms with E-state index >= 15 is 0 Å². The molecule has 60 valence electrons. The number of benzene rings is 1. The summed E-state index contributed by atoms with van der Waals surface area (Å²) in [7, 11) is 0. The van der Waals surface area contributed by atoms with Gasteiger partial charge < -0.3 is 0 Å². The molecule has 0 aliphatic rings. The fourth-order valence-corrected chi connectivity index (χ4v) is 1.90. The number of phenols is 2. The summed E-state index contributed by atoms with van der Waals surface area (Å²) in [6, 6.07) is 3.98. The maximum atomic E-state index is 10.6. The zero-order valence-electron chi connectivity index (χ0n) is 5.48. The van der Waals surface area contributed by atoms with Gasteiger partial charge in [0.15, 0.2) is 0 Å². The van der Waals surface area contributed by atoms with Crippen LogP contribution in [0.4, 0.5) is 0 Å². The summed E-state index contributed by atoms with van der Waals surface area (Å²) in [4.78, 5) is 0. The summed E-state index contributed by atoms with van der Waals surface area (Å²) < 4.78 is 19.2. The zero-order chi connectivity index (χ0) is 8.43. The number of hydrogen-bond donors (Lipinski definition) is 3. The van der Waals surface area contributed by atoms with Crippen LogP contribution in [0.25, 0.3) is 0 Å². The first-order valence-electron chi connectivity index (χ1n) is 2.87. The molecule has 0 aliphatic heterocycles. The average Bonchev–Trinajstić information content (AvgIpc) is 1.94. The first-order valence-corrected chi connectivity index (χ1v) is 5.71. The third kappa shape index (κ3) is 1.59. The monoisotopic (exact) mass is 218 g/mol. The van der Waals surface area contributed by atoms with Crippen LogP contribution in [0, 0.1) is 0 Å². The van der Waals surface area contributed by atoms with Crippen molar-refractivity contribution in [3.05, 3.63) is 18.2 Å². The van der Waals surface area contributed by atoms with Gasteiger partial charge in [-0.3, -0.25) is 0 Å². The van der Waals surface area contributed by atoms with Crippen molar-refractivity contribution in [1.29, 1.82) is 0 Å². The number of rotatable bonds is 1. The van der Waals surface area contributed by atoms with E-state index in [2.05, 4.69) is 0 Å². The molecule has 0 amide bonds. The molecule has 0 aliphatic carbocycles. The number of phenolic OH excluding ortho intramolecular Hbond substituents is 2. The quantitative estimate of drug-likeness (QED) is 0.415. The van der Waals surface area contributed by atoms with Gasteiger partial charge in [-0.1, -0.05) is 0 Å². The molecule has 0 heterocycles. The third-order valence-electron chi connectivity index (χ3n) is 1.25. The molecule has 1 aromatic rings. The van der Waals surface area contributed by atoms with E-state index < -0.39 is 20.7 Å². The Hall–Kier alpha value is -0.862.